The minimum Gasteiger partial charge on any atom is -0.309 e. The van der Waals surface area contributed by atoms with Crippen LogP contribution in [-0.4, -0.2) is 19.1 Å². The Hall–Kier alpha value is -8.08. The molecule has 4 nitrogen and oxygen atoms in total. The van der Waals surface area contributed by atoms with Crippen molar-refractivity contribution in [1.29, 1.82) is 0 Å². The molecule has 0 saturated heterocycles. The third kappa shape index (κ3) is 5.63. The summed E-state index contributed by atoms with van der Waals surface area (Å²) in [6.07, 6.45) is 0. The second-order valence-electron chi connectivity index (χ2n) is 17.8. The zero-order chi connectivity index (χ0) is 43.3. The third-order valence-corrected chi connectivity index (χ3v) is 14.4. The van der Waals surface area contributed by atoms with E-state index >= 15 is 0 Å². The van der Waals surface area contributed by atoms with Crippen molar-refractivity contribution in [3.63, 3.8) is 0 Å². The first kappa shape index (κ1) is 37.5. The average Bonchev–Trinajstić information content (AvgIpc) is 3.88. The number of aromatic nitrogens is 4. The summed E-state index contributed by atoms with van der Waals surface area (Å²) < 4.78 is 4.83. The van der Waals surface area contributed by atoms with E-state index in [4.69, 9.17) is 9.97 Å². The lowest BCUT2D eigenvalue weighted by atomic mass is 9.80. The molecule has 1 aliphatic carbocycles. The fraction of sp³-hybridized carbons (Fsp3) is 0.0820. The van der Waals surface area contributed by atoms with Gasteiger partial charge in [0.1, 0.15) is 0 Å². The van der Waals surface area contributed by atoms with Crippen LogP contribution in [0.4, 0.5) is 0 Å². The maximum atomic E-state index is 5.37. The van der Waals surface area contributed by atoms with Gasteiger partial charge in [0.25, 0.3) is 0 Å². The molecule has 65 heavy (non-hydrogen) atoms. The maximum Gasteiger partial charge on any atom is 0.0973 e. The molecule has 1 aliphatic rings. The Labute approximate surface area is 377 Å². The summed E-state index contributed by atoms with van der Waals surface area (Å²) in [5, 5.41) is 4.94. The number of benzene rings is 9. The van der Waals surface area contributed by atoms with Crippen LogP contribution in [0.3, 0.4) is 0 Å². The Morgan fingerprint density at radius 3 is 1.62 bits per heavy atom. The van der Waals surface area contributed by atoms with E-state index in [0.29, 0.717) is 11.8 Å². The van der Waals surface area contributed by atoms with Gasteiger partial charge in [-0.15, -0.1) is 0 Å². The Bertz CT molecular complexity index is 3870. The summed E-state index contributed by atoms with van der Waals surface area (Å²) in [4.78, 5) is 10.7. The van der Waals surface area contributed by atoms with Crippen LogP contribution in [0.2, 0.25) is 0 Å². The van der Waals surface area contributed by atoms with Crippen molar-refractivity contribution >= 4 is 54.6 Å². The molecule has 0 spiro atoms. The molecule has 3 aromatic heterocycles. The van der Waals surface area contributed by atoms with E-state index < -0.39 is 0 Å². The minimum absolute atomic E-state index is 0.330. The van der Waals surface area contributed by atoms with Crippen molar-refractivity contribution in [1.82, 2.24) is 19.1 Å². The van der Waals surface area contributed by atoms with E-state index in [0.717, 1.165) is 50.4 Å². The molecule has 4 heteroatoms. The molecule has 0 N–H and O–H groups in total. The van der Waals surface area contributed by atoms with Crippen LogP contribution in [0.25, 0.3) is 111 Å². The summed E-state index contributed by atoms with van der Waals surface area (Å²) in [7, 11) is 0. The fourth-order valence-electron chi connectivity index (χ4n) is 11.1. The van der Waals surface area contributed by atoms with Crippen LogP contribution in [0.1, 0.15) is 42.4 Å². The first-order valence-corrected chi connectivity index (χ1v) is 22.7. The van der Waals surface area contributed by atoms with Crippen molar-refractivity contribution < 1.29 is 0 Å². The van der Waals surface area contributed by atoms with E-state index in [1.165, 1.54) is 77.0 Å². The highest BCUT2D eigenvalue weighted by Crippen LogP contribution is 2.50. The van der Waals surface area contributed by atoms with Crippen molar-refractivity contribution in [2.75, 3.05) is 0 Å². The van der Waals surface area contributed by atoms with E-state index in [2.05, 4.69) is 218 Å². The molecule has 2 bridgehead atoms. The van der Waals surface area contributed by atoms with Crippen molar-refractivity contribution in [2.45, 2.75) is 32.6 Å². The van der Waals surface area contributed by atoms with E-state index in [1.807, 2.05) is 12.1 Å². The number of hydrogen-bond acceptors (Lipinski definition) is 2. The second kappa shape index (κ2) is 14.5. The van der Waals surface area contributed by atoms with Crippen LogP contribution in [0, 0.1) is 6.92 Å². The molecule has 0 amide bonds. The van der Waals surface area contributed by atoms with E-state index in [-0.39, 0.29) is 0 Å². The number of nitrogens with zero attached hydrogens (tertiary/aromatic N) is 4. The van der Waals surface area contributed by atoms with E-state index in [1.54, 1.807) is 0 Å². The lowest BCUT2D eigenvalue weighted by Crippen LogP contribution is -2.06. The molecule has 308 valence electrons. The Morgan fingerprint density at radius 2 is 0.892 bits per heavy atom. The van der Waals surface area contributed by atoms with Crippen molar-refractivity contribution in [3.8, 4) is 56.1 Å². The highest BCUT2D eigenvalue weighted by molar-refractivity contribution is 6.18. The van der Waals surface area contributed by atoms with Crippen LogP contribution >= 0.6 is 0 Å². The Morgan fingerprint density at radius 1 is 0.385 bits per heavy atom. The summed E-state index contributed by atoms with van der Waals surface area (Å²) in [5.41, 5.74) is 21.9. The fourth-order valence-corrected chi connectivity index (χ4v) is 11.1. The van der Waals surface area contributed by atoms with Gasteiger partial charge < -0.3 is 9.13 Å². The van der Waals surface area contributed by atoms with Gasteiger partial charge in [-0.1, -0.05) is 147 Å². The smallest absolute Gasteiger partial charge is 0.0973 e. The van der Waals surface area contributed by atoms with Gasteiger partial charge in [0.05, 0.1) is 44.5 Å². The largest absolute Gasteiger partial charge is 0.309 e. The van der Waals surface area contributed by atoms with Gasteiger partial charge in [-0.05, 0) is 124 Å². The lowest BCUT2D eigenvalue weighted by Gasteiger charge is -2.24. The van der Waals surface area contributed by atoms with Gasteiger partial charge in [-0.3, -0.25) is 0 Å². The van der Waals surface area contributed by atoms with Crippen LogP contribution < -0.4 is 0 Å². The predicted octanol–water partition coefficient (Wildman–Crippen LogP) is 16.0. The molecule has 3 heterocycles. The van der Waals surface area contributed by atoms with E-state index in [9.17, 15) is 0 Å². The van der Waals surface area contributed by atoms with Crippen LogP contribution in [0.15, 0.2) is 200 Å². The molecule has 0 fully saturated rings. The molecule has 0 radical (unpaired) electrons. The SMILES string of the molecule is Cc1c2cc3c(c1-c1ccccc1[C@H](C)C(C)c1ccccc1-2)c1ccccc1n3-c1ccc(-c2nc3ccccc3nc2-c2ccc3c(c2)c2ccccc2n3-c2ccccc2)cc1. The summed E-state index contributed by atoms with van der Waals surface area (Å²) >= 11 is 0. The highest BCUT2D eigenvalue weighted by Gasteiger charge is 2.29. The molecule has 0 saturated carbocycles. The molecule has 9 aromatic carbocycles. The van der Waals surface area contributed by atoms with Gasteiger partial charge in [-0.25, -0.2) is 9.97 Å². The number of hydrogen-bond donors (Lipinski definition) is 0. The number of fused-ring (bicyclic) bond motifs is 14. The number of rotatable bonds is 4. The quantitative estimate of drug-likeness (QED) is 0.177. The molecule has 2 atom stereocenters. The standard InChI is InChI=1S/C61H44N4/c1-37-38(2)45-20-8-10-23-48(45)58-39(3)50(46-21-9-7-19-44(37)46)36-57-59(58)49-24-12-16-28-55(49)65(57)43-32-29-40(30-33-43)60-61(63-53-26-14-13-25-52(53)62-60)41-31-34-56-51(35-41)47-22-11-15-27-54(47)64(56)42-17-5-4-6-18-42/h4-38H,1-3H3/t37?,38-/m1/s1. The average molecular weight is 833 g/mol. The minimum atomic E-state index is 0.330. The monoisotopic (exact) mass is 832 g/mol. The highest BCUT2D eigenvalue weighted by atomic mass is 15.0. The summed E-state index contributed by atoms with van der Waals surface area (Å²) in [5.74, 6) is 0.670. The van der Waals surface area contributed by atoms with Gasteiger partial charge in [-0.2, -0.15) is 0 Å². The van der Waals surface area contributed by atoms with Crippen LogP contribution in [0.5, 0.6) is 0 Å². The van der Waals surface area contributed by atoms with Crippen LogP contribution in [-0.2, 0) is 0 Å². The molecule has 0 aliphatic heterocycles. The zero-order valence-corrected chi connectivity index (χ0v) is 36.5. The van der Waals surface area contributed by atoms with Gasteiger partial charge in [0.2, 0.25) is 0 Å². The molecule has 12 aromatic rings. The molecular weight excluding hydrogens is 789 g/mol. The van der Waals surface area contributed by atoms with Gasteiger partial charge in [0, 0.05) is 44.0 Å². The van der Waals surface area contributed by atoms with Crippen molar-refractivity contribution in [3.05, 3.63) is 217 Å². The zero-order valence-electron chi connectivity index (χ0n) is 36.5. The predicted molar refractivity (Wildman–Crippen MR) is 272 cm³/mol. The first-order valence-electron chi connectivity index (χ1n) is 22.7. The van der Waals surface area contributed by atoms with Crippen molar-refractivity contribution in [2.24, 2.45) is 0 Å². The lowest BCUT2D eigenvalue weighted by molar-refractivity contribution is 0.626. The summed E-state index contributed by atoms with van der Waals surface area (Å²) in [6, 6.07) is 72.8. The Kier molecular flexibility index (Phi) is 8.35. The third-order valence-electron chi connectivity index (χ3n) is 14.4. The number of para-hydroxylation sites is 5. The second-order valence-corrected chi connectivity index (χ2v) is 17.8. The maximum absolute atomic E-state index is 5.37. The molecule has 1 unspecified atom stereocenters. The summed E-state index contributed by atoms with van der Waals surface area (Å²) in [6.45, 7) is 7.13. The molecule has 13 rings (SSSR count). The first-order chi connectivity index (χ1) is 32.0. The Balaban J connectivity index is 1.02. The topological polar surface area (TPSA) is 35.6 Å². The van der Waals surface area contributed by atoms with Gasteiger partial charge in [0.15, 0.2) is 0 Å². The normalized spacial score (nSPS) is 14.7. The van der Waals surface area contributed by atoms with Gasteiger partial charge >= 0.3 is 0 Å². The molecular formula is C61H44N4.